The van der Waals surface area contributed by atoms with Gasteiger partial charge < -0.3 is 120 Å². The minimum absolute atomic E-state index is 0.00957. The van der Waals surface area contributed by atoms with Crippen molar-refractivity contribution in [1.82, 2.24) is 80.2 Å². The van der Waals surface area contributed by atoms with Crippen molar-refractivity contribution in [3.05, 3.63) is 120 Å². The molecule has 14 N–H and O–H groups in total. The molecule has 12 heterocycles. The highest BCUT2D eigenvalue weighted by Gasteiger charge is 2.28. The fourth-order valence-electron chi connectivity index (χ4n) is 15.8. The maximum Gasteiger partial charge on any atom is 0.222 e. The monoisotopic (exact) mass is 1820 g/mol. The Morgan fingerprint density at radius 1 is 0.376 bits per heavy atom. The van der Waals surface area contributed by atoms with Gasteiger partial charge in [-0.05, 0) is 114 Å². The van der Waals surface area contributed by atoms with Crippen LogP contribution in [0.2, 0.25) is 0 Å². The summed E-state index contributed by atoms with van der Waals surface area (Å²) >= 11 is 0. The summed E-state index contributed by atoms with van der Waals surface area (Å²) < 4.78 is 45.3. The summed E-state index contributed by atoms with van der Waals surface area (Å²) in [4.78, 5) is 118. The minimum Gasteiger partial charge on any atom is -0.494 e. The molecule has 4 aliphatic heterocycles. The van der Waals surface area contributed by atoms with Gasteiger partial charge in [0, 0.05) is 145 Å². The molecule has 5 aliphatic rings. The lowest BCUT2D eigenvalue weighted by atomic mass is 9.93. The number of fused-ring (bicyclic) bond motifs is 8. The molecule has 0 spiro atoms. The first kappa shape index (κ1) is 93.9. The average molecular weight is 1820 g/mol. The molecule has 4 aromatic carbocycles. The van der Waals surface area contributed by atoms with E-state index in [1.807, 2.05) is 43.0 Å². The number of nitrogens with one attached hydrogen (secondary N) is 10. The zero-order valence-corrected chi connectivity index (χ0v) is 75.2. The largest absolute Gasteiger partial charge is 0.494 e. The first-order valence-corrected chi connectivity index (χ1v) is 44.6. The summed E-state index contributed by atoms with van der Waals surface area (Å²) in [6, 6.07) is 21.9. The Morgan fingerprint density at radius 2 is 0.767 bits per heavy atom. The third-order valence-corrected chi connectivity index (χ3v) is 22.5. The normalized spacial score (nSPS) is 16.1. The van der Waals surface area contributed by atoms with Gasteiger partial charge in [-0.2, -0.15) is 0 Å². The number of hydrogen-bond donors (Lipinski definition) is 14. The summed E-state index contributed by atoms with van der Waals surface area (Å²) in [5, 5.41) is 63.5. The molecule has 0 saturated heterocycles. The van der Waals surface area contributed by atoms with Gasteiger partial charge in [-0.25, -0.2) is 39.9 Å². The molecular formula is C93H112N24O16. The lowest BCUT2D eigenvalue weighted by molar-refractivity contribution is -0.134. The van der Waals surface area contributed by atoms with E-state index in [1.165, 1.54) is 65.0 Å². The van der Waals surface area contributed by atoms with E-state index in [0.29, 0.717) is 301 Å². The molecule has 12 aromatic rings. The number of amides is 4. The molecule has 0 radical (unpaired) electrons. The molecule has 1 fully saturated rings. The van der Waals surface area contributed by atoms with Gasteiger partial charge in [-0.1, -0.05) is 25.3 Å². The molecule has 8 bridgehead atoms. The quantitative estimate of drug-likeness (QED) is 0.0735. The number of aliphatic imine (C=N–C) groups is 4. The molecule has 17 rings (SSSR count). The standard InChI is InChI=1S/C27H34N6O4.C24H30N6O4.C22H26N6O5.C20H22N6O3/c1-36-21-11-10-18-15-22(21)37-14-5-9-23(34)33(19-7-3-2-4-8-19)13-6-12-28-25-24-20(16-29-18)27(35)32-26(24)31-17-30-25;1-15(2)30-10-5-9-25-22-21-17(24(32)29-23(21)28-14-27-22)13-26-16-7-8-18(33-3)19(12-16)34-11-4-6-20(30)31;1-31-15-9-13-10-16(19(15)32-2)33-8-3-5-17(29)23-6-4-7-24-20-18-14(11-25-13)22(30)28-21(18)27-12-26-20;27-16-6-2-9-29-14-5-1-4-13(10-14)23-11-15-17-18(22-8-3-7-21-16)24-12-25-19(17)26-20(15)28/h10-11,15-17,19,35H,2-9,12-14H2,1H3,(H2,28,30,31,32);7-8,12-15,32H,4-6,9-11H2,1-3H3,(H2,25,27,28,29);9-12,30H,3-8H2,1-2H3,(H,23,29)(H2,24,26,27,28);1,4-5,10-12,28H,2-3,6-9H2,(H,21,27)(H2,22,24,25,26). The molecule has 8 aromatic heterocycles. The number of methoxy groups -OCH3 is 4. The van der Waals surface area contributed by atoms with E-state index in [2.05, 4.69) is 117 Å². The number of carbonyl (C=O) groups is 4. The first-order valence-electron chi connectivity index (χ1n) is 44.6. The molecule has 1 aliphatic carbocycles. The molecule has 4 amide bonds. The second-order valence-corrected chi connectivity index (χ2v) is 31.9. The van der Waals surface area contributed by atoms with Crippen LogP contribution in [0.25, 0.3) is 44.1 Å². The van der Waals surface area contributed by atoms with Crippen LogP contribution in [-0.4, -0.2) is 258 Å². The highest BCUT2D eigenvalue weighted by molar-refractivity contribution is 6.09. The number of nitrogens with zero attached hydrogens (tertiary/aromatic N) is 14. The van der Waals surface area contributed by atoms with E-state index in [-0.39, 0.29) is 53.2 Å². The van der Waals surface area contributed by atoms with Crippen LogP contribution in [0.5, 0.6) is 69.5 Å². The van der Waals surface area contributed by atoms with Crippen LogP contribution in [0.4, 0.5) is 46.0 Å². The summed E-state index contributed by atoms with van der Waals surface area (Å²) in [5.41, 5.74) is 6.41. The Kier molecular flexibility index (Phi) is 32.7. The van der Waals surface area contributed by atoms with Crippen molar-refractivity contribution in [1.29, 1.82) is 0 Å². The fraction of sp³-hybridized carbons (Fsp3) is 0.398. The Bertz CT molecular complexity index is 6140. The molecule has 0 unspecified atom stereocenters. The number of anilines is 4. The number of aromatic amines is 4. The molecule has 133 heavy (non-hydrogen) atoms. The van der Waals surface area contributed by atoms with Crippen molar-refractivity contribution in [3.8, 4) is 69.5 Å². The van der Waals surface area contributed by atoms with Crippen molar-refractivity contribution in [2.75, 3.05) is 128 Å². The van der Waals surface area contributed by atoms with E-state index in [4.69, 9.17) is 37.9 Å². The highest BCUT2D eigenvalue weighted by Crippen LogP contribution is 2.43. The molecule has 40 heteroatoms. The fourth-order valence-corrected chi connectivity index (χ4v) is 15.8. The summed E-state index contributed by atoms with van der Waals surface area (Å²) in [5.74, 6) is 6.72. The van der Waals surface area contributed by atoms with Gasteiger partial charge in [0.2, 0.25) is 29.4 Å². The number of aromatic nitrogens is 12. The van der Waals surface area contributed by atoms with Crippen LogP contribution >= 0.6 is 0 Å². The number of aromatic hydroxyl groups is 4. The molecule has 1 saturated carbocycles. The minimum atomic E-state index is -0.0732. The van der Waals surface area contributed by atoms with Gasteiger partial charge in [-0.15, -0.1) is 0 Å². The Labute approximate surface area is 766 Å². The van der Waals surface area contributed by atoms with Crippen LogP contribution in [0, 0.1) is 0 Å². The predicted molar refractivity (Wildman–Crippen MR) is 506 cm³/mol. The zero-order chi connectivity index (χ0) is 93.0. The highest BCUT2D eigenvalue weighted by atomic mass is 16.5. The van der Waals surface area contributed by atoms with Crippen LogP contribution in [-0.2, 0) is 19.2 Å². The second-order valence-electron chi connectivity index (χ2n) is 31.9. The number of rotatable bonds is 6. The van der Waals surface area contributed by atoms with E-state index in [9.17, 15) is 39.6 Å². The molecule has 700 valence electrons. The topological polar surface area (TPSA) is 517 Å². The number of benzene rings is 4. The van der Waals surface area contributed by atoms with Crippen LogP contribution in [0.15, 0.2) is 118 Å². The number of H-pyrrole nitrogens is 4. The summed E-state index contributed by atoms with van der Waals surface area (Å²) in [7, 11) is 6.22. The zero-order valence-electron chi connectivity index (χ0n) is 75.2. The van der Waals surface area contributed by atoms with Crippen LogP contribution in [0.1, 0.15) is 145 Å². The maximum atomic E-state index is 13.3. The Morgan fingerprint density at radius 3 is 1.21 bits per heavy atom. The van der Waals surface area contributed by atoms with E-state index >= 15 is 0 Å². The number of carbonyl (C=O) groups excluding carboxylic acids is 4. The van der Waals surface area contributed by atoms with E-state index in [0.717, 1.165) is 32.1 Å². The number of hydrogen-bond acceptors (Lipinski definition) is 32. The Balaban J connectivity index is 0.000000143. The van der Waals surface area contributed by atoms with Gasteiger partial charge in [0.15, 0.2) is 58.0 Å². The molecule has 0 atom stereocenters. The smallest absolute Gasteiger partial charge is 0.222 e. The lowest BCUT2D eigenvalue weighted by Crippen LogP contribution is -2.42. The van der Waals surface area contributed by atoms with Crippen LogP contribution in [0.3, 0.4) is 0 Å². The van der Waals surface area contributed by atoms with Crippen molar-refractivity contribution in [2.45, 2.75) is 135 Å². The van der Waals surface area contributed by atoms with Gasteiger partial charge >= 0.3 is 0 Å². The SMILES string of the molecule is COc1cc2cc(c1OC)OCCCC(=O)NCCCNc1ncnc3[nH]c(O)c(c13)C=N2.COc1ccc2cc1OCCCC(=O)N(C(C)C)CCCNc1ncnc3[nH]c(O)c(c13)C=N2.COc1ccc2cc1OCCCC(=O)N(C1CCCCC1)CCCNc1ncnc3[nH]c(O)c(c13)C=N2.O=C1CCCOc2cccc(c2)N=Cc2c(O)[nH]c3ncnc(c23)NCCCN1. The molecular weight excluding hydrogens is 1710 g/mol. The third-order valence-electron chi connectivity index (χ3n) is 22.5. The van der Waals surface area contributed by atoms with E-state index in [1.54, 1.807) is 81.4 Å². The first-order chi connectivity index (χ1) is 64.9. The maximum absolute atomic E-state index is 13.3. The predicted octanol–water partition coefficient (Wildman–Crippen LogP) is 13.2. The average Bonchev–Trinajstić information content (AvgIpc) is 1.66. The van der Waals surface area contributed by atoms with Crippen molar-refractivity contribution in [2.24, 2.45) is 20.0 Å². The van der Waals surface area contributed by atoms with E-state index < -0.39 is 0 Å². The summed E-state index contributed by atoms with van der Waals surface area (Å²) in [6.45, 7) is 10.4. The Hall–Kier alpha value is -15.3. The van der Waals surface area contributed by atoms with Gasteiger partial charge in [0.05, 0.1) is 121 Å². The van der Waals surface area contributed by atoms with Gasteiger partial charge in [-0.3, -0.25) is 39.1 Å². The summed E-state index contributed by atoms with van der Waals surface area (Å²) in [6.07, 6.45) is 24.7. The van der Waals surface area contributed by atoms with Crippen molar-refractivity contribution >= 4 is 139 Å². The van der Waals surface area contributed by atoms with Crippen LogP contribution < -0.4 is 69.8 Å². The lowest BCUT2D eigenvalue weighted by Gasteiger charge is -2.34. The second kappa shape index (κ2) is 46.3. The molecule has 40 nitrogen and oxygen atoms in total. The van der Waals surface area contributed by atoms with Crippen molar-refractivity contribution in [3.63, 3.8) is 0 Å². The third kappa shape index (κ3) is 24.4. The van der Waals surface area contributed by atoms with Gasteiger partial charge in [0.1, 0.15) is 76.9 Å². The number of ether oxygens (including phenoxy) is 8. The van der Waals surface area contributed by atoms with Crippen molar-refractivity contribution < 1.29 is 77.5 Å². The van der Waals surface area contributed by atoms with Gasteiger partial charge in [0.25, 0.3) is 0 Å².